The molecule has 0 saturated heterocycles. The van der Waals surface area contributed by atoms with Crippen molar-refractivity contribution < 1.29 is 14.0 Å². The van der Waals surface area contributed by atoms with Crippen molar-refractivity contribution in [2.24, 2.45) is 0 Å². The van der Waals surface area contributed by atoms with Gasteiger partial charge in [-0.3, -0.25) is 0 Å². The maximum Gasteiger partial charge on any atom is 0.184 e. The second kappa shape index (κ2) is 17.7. The Morgan fingerprint density at radius 1 is 0.951 bits per heavy atom. The molecule has 0 bridgehead atoms. The number of halogens is 2. The first-order valence-electron chi connectivity index (χ1n) is 15.5. The summed E-state index contributed by atoms with van der Waals surface area (Å²) in [5.41, 5.74) is 7.82. The van der Waals surface area contributed by atoms with Gasteiger partial charge in [0.05, 0.1) is 18.7 Å². The van der Waals surface area contributed by atoms with Gasteiger partial charge in [0, 0.05) is 34.6 Å². The number of hydrogen-bond acceptors (Lipinski definition) is 2. The molecule has 3 rings (SSSR count). The van der Waals surface area contributed by atoms with E-state index in [4.69, 9.17) is 32.7 Å². The lowest BCUT2D eigenvalue weighted by molar-refractivity contribution is -0.545. The van der Waals surface area contributed by atoms with E-state index >= 15 is 0 Å². The van der Waals surface area contributed by atoms with Crippen molar-refractivity contribution in [1.29, 1.82) is 0 Å². The van der Waals surface area contributed by atoms with Crippen molar-refractivity contribution in [1.82, 2.24) is 0 Å². The van der Waals surface area contributed by atoms with E-state index in [-0.39, 0.29) is 0 Å². The van der Waals surface area contributed by atoms with Crippen molar-refractivity contribution in [3.8, 4) is 11.5 Å². The van der Waals surface area contributed by atoms with Crippen LogP contribution in [-0.4, -0.2) is 30.5 Å². The molecule has 0 radical (unpaired) electrons. The third-order valence-corrected chi connectivity index (χ3v) is 8.44. The van der Waals surface area contributed by atoms with Crippen LogP contribution in [0.1, 0.15) is 109 Å². The number of rotatable bonds is 17. The first-order chi connectivity index (χ1) is 19.8. The number of hydrogen-bond donors (Lipinski definition) is 0. The van der Waals surface area contributed by atoms with Crippen LogP contribution in [-0.2, 0) is 13.0 Å². The molecular formula is C36H50Cl2NO2+. The SMILES string of the molecule is CCCCCCCCOc1c(OC)ccc2c1CC[N+](Cc1ccc(Cl)cc1Cl)=C2CCC=C(C)CCC=C(C)C. The molecule has 0 aromatic heterocycles. The van der Waals surface area contributed by atoms with Gasteiger partial charge < -0.3 is 9.47 Å². The average Bonchev–Trinajstić information content (AvgIpc) is 2.94. The molecule has 1 heterocycles. The fourth-order valence-corrected chi connectivity index (χ4v) is 5.99. The van der Waals surface area contributed by atoms with Gasteiger partial charge in [-0.15, -0.1) is 0 Å². The predicted octanol–water partition coefficient (Wildman–Crippen LogP) is 10.8. The summed E-state index contributed by atoms with van der Waals surface area (Å²) in [6, 6.07) is 10.1. The molecule has 2 aromatic carbocycles. The van der Waals surface area contributed by atoms with Gasteiger partial charge in [0.2, 0.25) is 0 Å². The molecule has 0 spiro atoms. The molecule has 3 nitrogen and oxygen atoms in total. The number of ether oxygens (including phenoxy) is 2. The quantitative estimate of drug-likeness (QED) is 0.102. The fraction of sp³-hybridized carbons (Fsp3) is 0.528. The molecule has 0 amide bonds. The van der Waals surface area contributed by atoms with Crippen molar-refractivity contribution >= 4 is 28.9 Å². The number of methoxy groups -OCH3 is 1. The van der Waals surface area contributed by atoms with Gasteiger partial charge in [-0.2, -0.15) is 0 Å². The maximum atomic E-state index is 6.62. The Balaban J connectivity index is 1.86. The molecule has 0 unspecified atom stereocenters. The maximum absolute atomic E-state index is 6.62. The summed E-state index contributed by atoms with van der Waals surface area (Å²) in [6.45, 7) is 11.2. The highest BCUT2D eigenvalue weighted by atomic mass is 35.5. The lowest BCUT2D eigenvalue weighted by Crippen LogP contribution is -2.30. The Morgan fingerprint density at radius 2 is 1.73 bits per heavy atom. The largest absolute Gasteiger partial charge is 0.493 e. The van der Waals surface area contributed by atoms with Crippen molar-refractivity contribution in [3.63, 3.8) is 0 Å². The average molecular weight is 600 g/mol. The van der Waals surface area contributed by atoms with Crippen molar-refractivity contribution in [2.45, 2.75) is 105 Å². The van der Waals surface area contributed by atoms with Crippen LogP contribution in [0.5, 0.6) is 11.5 Å². The van der Waals surface area contributed by atoms with Crippen LogP contribution in [0.25, 0.3) is 0 Å². The fourth-order valence-electron chi connectivity index (χ4n) is 5.52. The van der Waals surface area contributed by atoms with Gasteiger partial charge >= 0.3 is 0 Å². The molecule has 0 N–H and O–H groups in total. The van der Waals surface area contributed by atoms with Gasteiger partial charge in [0.25, 0.3) is 0 Å². The molecule has 1 aliphatic heterocycles. The van der Waals surface area contributed by atoms with E-state index in [1.807, 2.05) is 18.2 Å². The molecule has 1 aliphatic rings. The minimum Gasteiger partial charge on any atom is -0.493 e. The summed E-state index contributed by atoms with van der Waals surface area (Å²) in [5, 5.41) is 1.38. The van der Waals surface area contributed by atoms with E-state index in [1.54, 1.807) is 7.11 Å². The van der Waals surface area contributed by atoms with Crippen LogP contribution in [0, 0.1) is 0 Å². The van der Waals surface area contributed by atoms with Crippen LogP contribution >= 0.6 is 23.2 Å². The van der Waals surface area contributed by atoms with Crippen LogP contribution in [0.15, 0.2) is 53.6 Å². The second-order valence-electron chi connectivity index (χ2n) is 11.5. The third kappa shape index (κ3) is 10.5. The molecule has 0 fully saturated rings. The number of benzene rings is 2. The number of nitrogens with zero attached hydrogens (tertiary/aromatic N) is 1. The molecule has 41 heavy (non-hydrogen) atoms. The minimum atomic E-state index is 0.667. The predicted molar refractivity (Wildman–Crippen MR) is 177 cm³/mol. The normalized spacial score (nSPS) is 13.3. The Morgan fingerprint density at radius 3 is 2.46 bits per heavy atom. The first kappa shape index (κ1) is 33.3. The van der Waals surface area contributed by atoms with Gasteiger partial charge in [0.1, 0.15) is 6.54 Å². The third-order valence-electron chi connectivity index (χ3n) is 7.85. The van der Waals surface area contributed by atoms with Crippen LogP contribution in [0.2, 0.25) is 10.0 Å². The molecule has 0 atom stereocenters. The highest BCUT2D eigenvalue weighted by Crippen LogP contribution is 2.37. The Hall–Kier alpha value is -2.23. The molecular weight excluding hydrogens is 549 g/mol. The van der Waals surface area contributed by atoms with E-state index in [0.717, 1.165) is 80.3 Å². The second-order valence-corrected chi connectivity index (χ2v) is 12.3. The summed E-state index contributed by atoms with van der Waals surface area (Å²) < 4.78 is 14.7. The number of unbranched alkanes of at least 4 members (excludes halogenated alkanes) is 5. The summed E-state index contributed by atoms with van der Waals surface area (Å²) in [7, 11) is 1.74. The zero-order valence-corrected chi connectivity index (χ0v) is 27.5. The van der Waals surface area contributed by atoms with Crippen LogP contribution in [0.4, 0.5) is 0 Å². The molecule has 5 heteroatoms. The van der Waals surface area contributed by atoms with Gasteiger partial charge in [-0.1, -0.05) is 85.5 Å². The van der Waals surface area contributed by atoms with E-state index in [1.165, 1.54) is 60.1 Å². The van der Waals surface area contributed by atoms with Crippen LogP contribution in [0.3, 0.4) is 0 Å². The Bertz CT molecular complexity index is 1220. The van der Waals surface area contributed by atoms with Crippen molar-refractivity contribution in [3.05, 3.63) is 80.4 Å². The van der Waals surface area contributed by atoms with E-state index < -0.39 is 0 Å². The lowest BCUT2D eigenvalue weighted by atomic mass is 9.92. The first-order valence-corrected chi connectivity index (χ1v) is 16.3. The van der Waals surface area contributed by atoms with E-state index in [9.17, 15) is 0 Å². The van der Waals surface area contributed by atoms with Crippen LogP contribution < -0.4 is 9.47 Å². The van der Waals surface area contributed by atoms with E-state index in [2.05, 4.69) is 56.6 Å². The summed E-state index contributed by atoms with van der Waals surface area (Å²) >= 11 is 12.8. The van der Waals surface area contributed by atoms with Gasteiger partial charge in [-0.05, 0) is 76.8 Å². The van der Waals surface area contributed by atoms with Crippen molar-refractivity contribution in [2.75, 3.05) is 20.3 Å². The molecule has 0 aliphatic carbocycles. The summed E-state index contributed by atoms with van der Waals surface area (Å²) in [6.07, 6.45) is 17.3. The Kier molecular flexibility index (Phi) is 14.3. The van der Waals surface area contributed by atoms with Gasteiger partial charge in [-0.25, -0.2) is 4.58 Å². The standard InChI is InChI=1S/C36H50Cl2NO2/c1-6-7-8-9-10-11-24-41-36-32-22-23-39(26-29-18-19-30(37)25-33(29)38)34(31(32)20-21-35(36)40-5)17-13-16-28(4)15-12-14-27(2)3/h14,16,18-21,25H,6-13,15,17,22-24,26H2,1-5H3/q+1. The topological polar surface area (TPSA) is 21.5 Å². The monoisotopic (exact) mass is 598 g/mol. The highest BCUT2D eigenvalue weighted by Gasteiger charge is 2.30. The Labute approximate surface area is 259 Å². The zero-order valence-electron chi connectivity index (χ0n) is 26.0. The molecule has 2 aromatic rings. The minimum absolute atomic E-state index is 0.667. The van der Waals surface area contributed by atoms with Gasteiger partial charge in [0.15, 0.2) is 23.8 Å². The smallest absolute Gasteiger partial charge is 0.184 e. The summed E-state index contributed by atoms with van der Waals surface area (Å²) in [4.78, 5) is 0. The number of fused-ring (bicyclic) bond motifs is 1. The zero-order chi connectivity index (χ0) is 29.6. The highest BCUT2D eigenvalue weighted by molar-refractivity contribution is 6.35. The summed E-state index contributed by atoms with van der Waals surface area (Å²) in [5.74, 6) is 1.76. The molecule has 0 saturated carbocycles. The van der Waals surface area contributed by atoms with E-state index in [0.29, 0.717) is 5.02 Å². The lowest BCUT2D eigenvalue weighted by Gasteiger charge is -2.23. The number of allylic oxidation sites excluding steroid dienone is 4. The molecule has 224 valence electrons.